The first-order valence-corrected chi connectivity index (χ1v) is 12.1. The molecular weight excluding hydrogens is 488 g/mol. The molecule has 5 aromatic rings. The van der Waals surface area contributed by atoms with E-state index in [1.807, 2.05) is 34.8 Å². The Labute approximate surface area is 214 Å². The molecule has 3 aromatic carbocycles. The maximum Gasteiger partial charge on any atom is 0.136 e. The summed E-state index contributed by atoms with van der Waals surface area (Å²) in [5.41, 5.74) is 0.00373. The van der Waals surface area contributed by atoms with Crippen LogP contribution in [0.15, 0.2) is 60.7 Å². The quantitative estimate of drug-likeness (QED) is 0.319. The van der Waals surface area contributed by atoms with Gasteiger partial charge in [-0.1, -0.05) is 24.3 Å². The zero-order chi connectivity index (χ0) is 25.7. The number of nitriles is 4. The first-order chi connectivity index (χ1) is 17.6. The van der Waals surface area contributed by atoms with Crippen molar-refractivity contribution >= 4 is 63.4 Å². The van der Waals surface area contributed by atoms with E-state index in [1.165, 1.54) is 53.8 Å². The van der Waals surface area contributed by atoms with Crippen LogP contribution in [0.4, 0.5) is 0 Å². The van der Waals surface area contributed by atoms with E-state index in [0.717, 1.165) is 11.5 Å². The normalized spacial score (nSPS) is 9.83. The van der Waals surface area contributed by atoms with Gasteiger partial charge in [-0.25, -0.2) is 0 Å². The Morgan fingerprint density at radius 2 is 0.944 bits per heavy atom. The van der Waals surface area contributed by atoms with Gasteiger partial charge in [0.15, 0.2) is 0 Å². The molecule has 0 N–H and O–H groups in total. The van der Waals surface area contributed by atoms with Crippen molar-refractivity contribution in [1.29, 1.82) is 21.0 Å². The van der Waals surface area contributed by atoms with Gasteiger partial charge in [0.05, 0.1) is 23.6 Å². The highest BCUT2D eigenvalue weighted by molar-refractivity contribution is 7.36. The van der Waals surface area contributed by atoms with Crippen LogP contribution in [-0.2, 0) is 0 Å². The molecular formula is C28H16N4O2S2. The lowest BCUT2D eigenvalue weighted by atomic mass is 10.1. The molecule has 0 unspecified atom stereocenters. The Bertz CT molecular complexity index is 1730. The first kappa shape index (κ1) is 24.3. The number of thiophene rings is 2. The molecule has 172 valence electrons. The highest BCUT2D eigenvalue weighted by Crippen LogP contribution is 2.45. The Balaban J connectivity index is 0.000000175. The molecule has 0 radical (unpaired) electrons. The highest BCUT2D eigenvalue weighted by atomic mass is 32.1. The van der Waals surface area contributed by atoms with E-state index in [1.54, 1.807) is 38.5 Å². The molecule has 36 heavy (non-hydrogen) atoms. The van der Waals surface area contributed by atoms with Crippen LogP contribution in [0.25, 0.3) is 40.7 Å². The smallest absolute Gasteiger partial charge is 0.136 e. The lowest BCUT2D eigenvalue weighted by Gasteiger charge is -1.98. The second-order valence-electron chi connectivity index (χ2n) is 7.36. The number of benzene rings is 3. The second kappa shape index (κ2) is 10.6. The van der Waals surface area contributed by atoms with E-state index in [2.05, 4.69) is 24.3 Å². The van der Waals surface area contributed by atoms with Crippen LogP contribution >= 0.6 is 22.7 Å². The van der Waals surface area contributed by atoms with E-state index in [9.17, 15) is 0 Å². The van der Waals surface area contributed by atoms with Crippen LogP contribution < -0.4 is 19.9 Å². The molecule has 0 saturated carbocycles. The van der Waals surface area contributed by atoms with E-state index in [4.69, 9.17) is 30.5 Å². The third kappa shape index (κ3) is 4.56. The Hall–Kier alpha value is -4.86. The summed E-state index contributed by atoms with van der Waals surface area (Å²) in [7, 11) is 3.42. The Kier molecular flexibility index (Phi) is 7.15. The number of ether oxygens (including phenoxy) is 2. The van der Waals surface area contributed by atoms with Crippen molar-refractivity contribution < 1.29 is 9.47 Å². The molecule has 0 spiro atoms. The fourth-order valence-electron chi connectivity index (χ4n) is 3.58. The first-order valence-electron chi connectivity index (χ1n) is 10.5. The molecule has 2 aromatic heterocycles. The summed E-state index contributed by atoms with van der Waals surface area (Å²) >= 11 is 3.67. The number of hydrogen-bond donors (Lipinski definition) is 0. The molecule has 8 heteroatoms. The van der Waals surface area contributed by atoms with E-state index in [-0.39, 0.29) is 11.1 Å². The van der Waals surface area contributed by atoms with Crippen LogP contribution in [0, 0.1) is 45.3 Å². The average Bonchev–Trinajstić information content (AvgIpc) is 3.46. The molecule has 0 aliphatic rings. The lowest BCUT2D eigenvalue weighted by Crippen LogP contribution is -2.11. The largest absolute Gasteiger partial charge is 0.497 e. The van der Waals surface area contributed by atoms with E-state index < -0.39 is 0 Å². The van der Waals surface area contributed by atoms with Crippen molar-refractivity contribution in [3.8, 4) is 35.8 Å². The third-order valence-electron chi connectivity index (χ3n) is 5.40. The van der Waals surface area contributed by atoms with Crippen LogP contribution in [0.1, 0.15) is 0 Å². The molecule has 0 fully saturated rings. The molecule has 0 bridgehead atoms. The van der Waals surface area contributed by atoms with Gasteiger partial charge < -0.3 is 9.47 Å². The summed E-state index contributed by atoms with van der Waals surface area (Å²) in [4.78, 5) is 0. The van der Waals surface area contributed by atoms with E-state index >= 15 is 0 Å². The average molecular weight is 505 g/mol. The molecule has 0 aliphatic carbocycles. The maximum atomic E-state index is 8.63. The number of nitrogens with zero attached hydrogens (tertiary/aromatic N) is 4. The topological polar surface area (TPSA) is 114 Å². The maximum absolute atomic E-state index is 8.63. The van der Waals surface area contributed by atoms with Crippen LogP contribution in [-0.4, -0.2) is 14.2 Å². The summed E-state index contributed by atoms with van der Waals surface area (Å²) in [6.07, 6.45) is 0. The molecule has 2 heterocycles. The predicted molar refractivity (Wildman–Crippen MR) is 143 cm³/mol. The van der Waals surface area contributed by atoms with Gasteiger partial charge in [0.1, 0.15) is 46.9 Å². The SMILES string of the molecule is COc1ccc2sc3c4cc(OC)ccc4sc3c2c1.N#CC(C#N)=c1ccc(=C(C#N)C#N)cc1. The highest BCUT2D eigenvalue weighted by Gasteiger charge is 2.13. The van der Waals surface area contributed by atoms with Crippen LogP contribution in [0.2, 0.25) is 0 Å². The van der Waals surface area contributed by atoms with Gasteiger partial charge in [-0.3, -0.25) is 0 Å². The number of hydrogen-bond acceptors (Lipinski definition) is 8. The summed E-state index contributed by atoms with van der Waals surface area (Å²) in [6, 6.07) is 25.8. The molecule has 0 saturated heterocycles. The van der Waals surface area contributed by atoms with Gasteiger partial charge in [-0.2, -0.15) is 21.0 Å². The van der Waals surface area contributed by atoms with Gasteiger partial charge in [0.25, 0.3) is 0 Å². The minimum Gasteiger partial charge on any atom is -0.497 e. The summed E-state index contributed by atoms with van der Waals surface area (Å²) in [6.45, 7) is 0. The lowest BCUT2D eigenvalue weighted by molar-refractivity contribution is 0.415. The minimum atomic E-state index is 0.00187. The number of fused-ring (bicyclic) bond motifs is 5. The number of rotatable bonds is 2. The minimum absolute atomic E-state index is 0.00187. The van der Waals surface area contributed by atoms with Crippen molar-refractivity contribution in [1.82, 2.24) is 0 Å². The Morgan fingerprint density at radius 1 is 0.583 bits per heavy atom. The van der Waals surface area contributed by atoms with Crippen molar-refractivity contribution in [2.24, 2.45) is 0 Å². The monoisotopic (exact) mass is 504 g/mol. The zero-order valence-corrected chi connectivity index (χ0v) is 20.8. The van der Waals surface area contributed by atoms with Gasteiger partial charge in [-0.15, -0.1) is 22.7 Å². The Morgan fingerprint density at radius 3 is 1.25 bits per heavy atom. The summed E-state index contributed by atoms with van der Waals surface area (Å²) in [5.74, 6) is 1.82. The van der Waals surface area contributed by atoms with Crippen LogP contribution in [0.5, 0.6) is 11.5 Å². The third-order valence-corrected chi connectivity index (χ3v) is 7.94. The predicted octanol–water partition coefficient (Wildman–Crippen LogP) is 5.37. The fourth-order valence-corrected chi connectivity index (χ4v) is 6.18. The number of methoxy groups -OCH3 is 2. The molecule has 5 rings (SSSR count). The standard InChI is InChI=1S/C16H12O2S2.C12H4N4/c1-17-9-3-5-13-11(7-9)15-16(19-13)12-8-10(18-2)4-6-14(12)20-15;13-5-11(6-14)9-1-2-10(4-3-9)12(7-15)8-16/h3-8H,1-2H3;1-4H. The van der Waals surface area contributed by atoms with Crippen molar-refractivity contribution in [2.45, 2.75) is 0 Å². The van der Waals surface area contributed by atoms with Gasteiger partial charge >= 0.3 is 0 Å². The zero-order valence-electron chi connectivity index (χ0n) is 19.2. The van der Waals surface area contributed by atoms with Crippen molar-refractivity contribution in [2.75, 3.05) is 14.2 Å². The van der Waals surface area contributed by atoms with Crippen LogP contribution in [0.3, 0.4) is 0 Å². The van der Waals surface area contributed by atoms with E-state index in [0.29, 0.717) is 10.4 Å². The molecule has 0 aliphatic heterocycles. The van der Waals surface area contributed by atoms with Gasteiger partial charge in [0.2, 0.25) is 0 Å². The van der Waals surface area contributed by atoms with Gasteiger partial charge in [-0.05, 0) is 36.4 Å². The summed E-state index contributed by atoms with van der Waals surface area (Å²) in [5, 5.41) is 38.0. The molecule has 0 atom stereocenters. The fraction of sp³-hybridized carbons (Fsp3) is 0.0714. The molecule has 6 nitrogen and oxygen atoms in total. The summed E-state index contributed by atoms with van der Waals surface area (Å²) < 4.78 is 16.0. The second-order valence-corrected chi connectivity index (χ2v) is 9.47. The molecule has 0 amide bonds. The van der Waals surface area contributed by atoms with Crippen molar-refractivity contribution in [3.05, 3.63) is 71.1 Å². The van der Waals surface area contributed by atoms with Crippen molar-refractivity contribution in [3.63, 3.8) is 0 Å². The van der Waals surface area contributed by atoms with Gasteiger partial charge in [0, 0.05) is 30.6 Å².